The molecule has 84 valence electrons. The zero-order chi connectivity index (χ0) is 11.6. The van der Waals surface area contributed by atoms with Crippen molar-refractivity contribution in [2.45, 2.75) is 13.1 Å². The molecule has 0 fully saturated rings. The van der Waals surface area contributed by atoms with E-state index >= 15 is 0 Å². The number of nitrogens with two attached hydrogens (primary N) is 1. The Morgan fingerprint density at radius 1 is 1.60 bits per heavy atom. The van der Waals surface area contributed by atoms with Crippen LogP contribution in [0.25, 0.3) is 0 Å². The number of ether oxygens (including phenoxy) is 1. The average Bonchev–Trinajstić information content (AvgIpc) is 2.46. The van der Waals surface area contributed by atoms with Crippen molar-refractivity contribution in [1.29, 1.82) is 0 Å². The van der Waals surface area contributed by atoms with Gasteiger partial charge >= 0.3 is 12.1 Å². The maximum Gasteiger partial charge on any atom is 0.434 e. The molecule has 0 saturated carbocycles. The van der Waals surface area contributed by atoms with Gasteiger partial charge in [-0.25, -0.2) is 4.79 Å². The molecule has 0 aliphatic heterocycles. The molecule has 0 radical (unpaired) electrons. The Hall–Kier alpha value is -1.73. The molecule has 0 amide bonds. The van der Waals surface area contributed by atoms with Gasteiger partial charge in [0.05, 0.1) is 12.3 Å². The number of alkyl halides is 3. The Kier molecular flexibility index (Phi) is 2.87. The Balaban J connectivity index is 3.04. The molecule has 0 aliphatic carbocycles. The highest BCUT2D eigenvalue weighted by atomic mass is 19.4. The highest BCUT2D eigenvalue weighted by molar-refractivity contribution is 5.93. The number of anilines is 1. The highest BCUT2D eigenvalue weighted by Gasteiger charge is 2.37. The molecule has 0 spiro atoms. The zero-order valence-corrected chi connectivity index (χ0v) is 7.68. The molecule has 1 aromatic heterocycles. The summed E-state index contributed by atoms with van der Waals surface area (Å²) >= 11 is 0. The van der Waals surface area contributed by atoms with Crippen molar-refractivity contribution in [1.82, 2.24) is 10.2 Å². The predicted octanol–water partition coefficient (Wildman–Crippen LogP) is 1.19. The summed E-state index contributed by atoms with van der Waals surface area (Å²) in [5.74, 6) is -0.984. The molecule has 1 aromatic rings. The fraction of sp³-hybridized carbons (Fsp3) is 0.429. The number of rotatable bonds is 2. The van der Waals surface area contributed by atoms with Crippen LogP contribution in [0.1, 0.15) is 23.1 Å². The largest absolute Gasteiger partial charge is 0.461 e. The molecule has 0 aliphatic rings. The monoisotopic (exact) mass is 223 g/mol. The number of carbonyl (C=O) groups is 1. The lowest BCUT2D eigenvalue weighted by atomic mass is 10.3. The van der Waals surface area contributed by atoms with Gasteiger partial charge in [-0.3, -0.25) is 5.10 Å². The van der Waals surface area contributed by atoms with E-state index < -0.39 is 29.2 Å². The van der Waals surface area contributed by atoms with Crippen LogP contribution in [0.4, 0.5) is 18.9 Å². The summed E-state index contributed by atoms with van der Waals surface area (Å²) in [5.41, 5.74) is 2.56. The lowest BCUT2D eigenvalue weighted by molar-refractivity contribution is -0.140. The van der Waals surface area contributed by atoms with Gasteiger partial charge in [0.15, 0.2) is 11.4 Å². The van der Waals surface area contributed by atoms with Crippen molar-refractivity contribution in [3.63, 3.8) is 0 Å². The third-order valence-corrected chi connectivity index (χ3v) is 1.56. The van der Waals surface area contributed by atoms with Crippen LogP contribution in [0, 0.1) is 0 Å². The maximum absolute atomic E-state index is 12.2. The van der Waals surface area contributed by atoms with Crippen LogP contribution in [0.5, 0.6) is 0 Å². The second-order valence-electron chi connectivity index (χ2n) is 2.58. The molecule has 3 N–H and O–H groups in total. The maximum atomic E-state index is 12.2. The number of aromatic amines is 1. The van der Waals surface area contributed by atoms with Crippen LogP contribution in [0.15, 0.2) is 0 Å². The molecular formula is C7H8F3N3O2. The van der Waals surface area contributed by atoms with Crippen molar-refractivity contribution in [3.05, 3.63) is 11.4 Å². The van der Waals surface area contributed by atoms with Crippen LogP contribution < -0.4 is 5.73 Å². The standard InChI is InChI=1S/C7H8F3N3O2/c1-2-15-6(14)4-3(11)5(13-12-4)7(8,9)10/h2,11H2,1H3,(H,12,13). The predicted molar refractivity (Wildman–Crippen MR) is 44.0 cm³/mol. The van der Waals surface area contributed by atoms with Gasteiger partial charge in [0.2, 0.25) is 0 Å². The van der Waals surface area contributed by atoms with E-state index in [1.807, 2.05) is 0 Å². The van der Waals surface area contributed by atoms with E-state index in [1.165, 1.54) is 6.92 Å². The molecule has 15 heavy (non-hydrogen) atoms. The molecule has 0 saturated heterocycles. The number of esters is 1. The summed E-state index contributed by atoms with van der Waals surface area (Å²) in [6, 6.07) is 0. The lowest BCUT2D eigenvalue weighted by Gasteiger charge is -2.03. The SMILES string of the molecule is CCOC(=O)c1n[nH]c(C(F)(F)F)c1N. The third kappa shape index (κ3) is 2.20. The average molecular weight is 223 g/mol. The molecule has 1 rings (SSSR count). The first-order valence-corrected chi connectivity index (χ1v) is 3.96. The van der Waals surface area contributed by atoms with Crippen molar-refractivity contribution >= 4 is 11.7 Å². The van der Waals surface area contributed by atoms with E-state index in [0.29, 0.717) is 0 Å². The topological polar surface area (TPSA) is 81.0 Å². The van der Waals surface area contributed by atoms with E-state index in [0.717, 1.165) is 0 Å². The number of nitrogen functional groups attached to an aromatic ring is 1. The zero-order valence-electron chi connectivity index (χ0n) is 7.68. The van der Waals surface area contributed by atoms with E-state index in [2.05, 4.69) is 9.84 Å². The third-order valence-electron chi connectivity index (χ3n) is 1.56. The summed E-state index contributed by atoms with van der Waals surface area (Å²) in [7, 11) is 0. The molecule has 0 atom stereocenters. The molecule has 0 unspecified atom stereocenters. The van der Waals surface area contributed by atoms with E-state index in [9.17, 15) is 18.0 Å². The number of nitrogens with one attached hydrogen (secondary N) is 1. The number of halogens is 3. The summed E-state index contributed by atoms with van der Waals surface area (Å²) in [6.45, 7) is 1.55. The van der Waals surface area contributed by atoms with E-state index in [4.69, 9.17) is 5.73 Å². The normalized spacial score (nSPS) is 11.5. The van der Waals surface area contributed by atoms with Gasteiger partial charge in [-0.05, 0) is 6.92 Å². The summed E-state index contributed by atoms with van der Waals surface area (Å²) in [5, 5.41) is 4.81. The molecule has 1 heterocycles. The van der Waals surface area contributed by atoms with Crippen LogP contribution in [-0.4, -0.2) is 22.8 Å². The van der Waals surface area contributed by atoms with Gasteiger partial charge in [0.1, 0.15) is 0 Å². The minimum atomic E-state index is -4.66. The van der Waals surface area contributed by atoms with Crippen molar-refractivity contribution in [2.75, 3.05) is 12.3 Å². The van der Waals surface area contributed by atoms with Crippen LogP contribution in [-0.2, 0) is 10.9 Å². The first-order valence-electron chi connectivity index (χ1n) is 3.96. The Morgan fingerprint density at radius 3 is 2.60 bits per heavy atom. The Bertz CT molecular complexity index is 372. The second kappa shape index (κ2) is 3.79. The van der Waals surface area contributed by atoms with Crippen LogP contribution in [0.3, 0.4) is 0 Å². The van der Waals surface area contributed by atoms with Gasteiger partial charge in [-0.15, -0.1) is 0 Å². The lowest BCUT2D eigenvalue weighted by Crippen LogP contribution is -2.11. The number of hydrogen-bond acceptors (Lipinski definition) is 4. The minimum Gasteiger partial charge on any atom is -0.461 e. The quantitative estimate of drug-likeness (QED) is 0.738. The molecule has 5 nitrogen and oxygen atoms in total. The summed E-state index contributed by atoms with van der Waals surface area (Å²) in [4.78, 5) is 11.1. The number of nitrogens with zero attached hydrogens (tertiary/aromatic N) is 1. The molecule has 8 heteroatoms. The van der Waals surface area contributed by atoms with Crippen LogP contribution in [0.2, 0.25) is 0 Å². The minimum absolute atomic E-state index is 0.0342. The second-order valence-corrected chi connectivity index (χ2v) is 2.58. The van der Waals surface area contributed by atoms with E-state index in [-0.39, 0.29) is 6.61 Å². The fourth-order valence-electron chi connectivity index (χ4n) is 0.922. The fourth-order valence-corrected chi connectivity index (χ4v) is 0.922. The van der Waals surface area contributed by atoms with Crippen molar-refractivity contribution in [2.24, 2.45) is 0 Å². The Labute approximate surface area is 82.4 Å². The molecular weight excluding hydrogens is 215 g/mol. The number of carbonyl (C=O) groups excluding carboxylic acids is 1. The molecule has 0 bridgehead atoms. The van der Waals surface area contributed by atoms with Crippen molar-refractivity contribution in [3.8, 4) is 0 Å². The highest BCUT2D eigenvalue weighted by Crippen LogP contribution is 2.33. The smallest absolute Gasteiger partial charge is 0.434 e. The first-order chi connectivity index (χ1) is 6.88. The van der Waals surface area contributed by atoms with Gasteiger partial charge in [-0.1, -0.05) is 0 Å². The number of aromatic nitrogens is 2. The Morgan fingerprint density at radius 2 is 2.20 bits per heavy atom. The van der Waals surface area contributed by atoms with Gasteiger partial charge in [-0.2, -0.15) is 18.3 Å². The van der Waals surface area contributed by atoms with E-state index in [1.54, 1.807) is 5.10 Å². The summed E-state index contributed by atoms with van der Waals surface area (Å²) < 4.78 is 41.1. The van der Waals surface area contributed by atoms with Gasteiger partial charge < -0.3 is 10.5 Å². The number of hydrogen-bond donors (Lipinski definition) is 2. The van der Waals surface area contributed by atoms with Crippen LogP contribution >= 0.6 is 0 Å². The first kappa shape index (κ1) is 11.3. The van der Waals surface area contributed by atoms with Crippen molar-refractivity contribution < 1.29 is 22.7 Å². The van der Waals surface area contributed by atoms with Gasteiger partial charge in [0, 0.05) is 0 Å². The summed E-state index contributed by atoms with van der Waals surface area (Å²) in [6.07, 6.45) is -4.66. The number of H-pyrrole nitrogens is 1. The van der Waals surface area contributed by atoms with Gasteiger partial charge in [0.25, 0.3) is 0 Å². The molecule has 0 aromatic carbocycles.